The molecule has 0 bridgehead atoms. The molecule has 0 atom stereocenters. The van der Waals surface area contributed by atoms with Gasteiger partial charge in [-0.25, -0.2) is 0 Å². The Bertz CT molecular complexity index is 380. The molecule has 0 saturated heterocycles. The van der Waals surface area contributed by atoms with Crippen molar-refractivity contribution in [1.82, 2.24) is 0 Å². The van der Waals surface area contributed by atoms with Crippen molar-refractivity contribution in [2.45, 2.75) is 13.3 Å². The first-order valence-electron chi connectivity index (χ1n) is 5.06. The van der Waals surface area contributed by atoms with E-state index in [1.54, 1.807) is 6.08 Å². The first-order valence-corrected chi connectivity index (χ1v) is 6.29. The average molecular weight is 305 g/mol. The predicted molar refractivity (Wildman–Crippen MR) is 72.1 cm³/mol. The summed E-state index contributed by atoms with van der Waals surface area (Å²) in [5, 5.41) is 0. The van der Waals surface area contributed by atoms with E-state index < -0.39 is 0 Å². The van der Waals surface area contributed by atoms with E-state index in [9.17, 15) is 0 Å². The van der Waals surface area contributed by atoms with Crippen molar-refractivity contribution < 1.29 is 4.74 Å². The largest absolute Gasteiger partial charge is 0.489 e. The lowest BCUT2D eigenvalue weighted by Crippen LogP contribution is -2.06. The van der Waals surface area contributed by atoms with E-state index in [0.29, 0.717) is 13.2 Å². The Morgan fingerprint density at radius 2 is 2.25 bits per heavy atom. The Kier molecular flexibility index (Phi) is 5.88. The van der Waals surface area contributed by atoms with Gasteiger partial charge in [0, 0.05) is 10.0 Å². The Balaban J connectivity index is 2.94. The van der Waals surface area contributed by atoms with Crippen LogP contribution in [0.25, 0.3) is 0 Å². The third-order valence-electron chi connectivity index (χ3n) is 2.14. The van der Waals surface area contributed by atoms with Crippen LogP contribution in [0.2, 0.25) is 0 Å². The maximum absolute atomic E-state index is 5.67. The topological polar surface area (TPSA) is 35.2 Å². The van der Waals surface area contributed by atoms with Crippen LogP contribution in [0.3, 0.4) is 0 Å². The lowest BCUT2D eigenvalue weighted by Gasteiger charge is -2.13. The maximum atomic E-state index is 5.67. The molecule has 0 aromatic heterocycles. The zero-order chi connectivity index (χ0) is 12.0. The zero-order valence-electron chi connectivity index (χ0n) is 9.17. The quantitative estimate of drug-likeness (QED) is 0.905. The van der Waals surface area contributed by atoms with Crippen LogP contribution < -0.4 is 10.5 Å². The summed E-state index contributed by atoms with van der Waals surface area (Å²) in [5.74, 6) is 0.906. The van der Waals surface area contributed by atoms with Crippen LogP contribution in [-0.4, -0.2) is 13.2 Å². The Labute approximate surface area is 110 Å². The molecule has 0 amide bonds. The summed E-state index contributed by atoms with van der Waals surface area (Å²) in [6.45, 7) is 3.10. The fourth-order valence-electron chi connectivity index (χ4n) is 1.51. The molecule has 2 nitrogen and oxygen atoms in total. The average Bonchev–Trinajstić information content (AvgIpc) is 2.22. The van der Waals surface area contributed by atoms with E-state index in [0.717, 1.165) is 27.8 Å². The van der Waals surface area contributed by atoms with Crippen molar-refractivity contribution >= 4 is 27.5 Å². The summed E-state index contributed by atoms with van der Waals surface area (Å²) in [5.41, 5.74) is 9.25. The van der Waals surface area contributed by atoms with Gasteiger partial charge in [-0.3, -0.25) is 0 Å². The fraction of sp³-hybridized carbons (Fsp3) is 0.333. The van der Waals surface area contributed by atoms with Gasteiger partial charge in [0.1, 0.15) is 12.4 Å². The van der Waals surface area contributed by atoms with Crippen LogP contribution in [0.15, 0.2) is 28.2 Å². The second-order valence-corrected chi connectivity index (χ2v) is 4.59. The summed E-state index contributed by atoms with van der Waals surface area (Å²) in [4.78, 5) is 0. The monoisotopic (exact) mass is 303 g/mol. The normalized spacial score (nSPS) is 11.0. The molecule has 0 aliphatic heterocycles. The SMILES string of the molecule is Cc1cc(Br)cc(CCN)c1OC/C=C/Cl. The van der Waals surface area contributed by atoms with Gasteiger partial charge in [0.05, 0.1) is 0 Å². The number of ether oxygens (including phenoxy) is 1. The second kappa shape index (κ2) is 6.94. The lowest BCUT2D eigenvalue weighted by molar-refractivity contribution is 0.356. The van der Waals surface area contributed by atoms with E-state index in [1.807, 2.05) is 19.1 Å². The van der Waals surface area contributed by atoms with Gasteiger partial charge in [0.2, 0.25) is 0 Å². The minimum Gasteiger partial charge on any atom is -0.489 e. The number of nitrogens with two attached hydrogens (primary N) is 1. The molecule has 0 spiro atoms. The Hall–Kier alpha value is -0.510. The van der Waals surface area contributed by atoms with Crippen molar-refractivity contribution in [3.05, 3.63) is 39.3 Å². The van der Waals surface area contributed by atoms with Crippen LogP contribution >= 0.6 is 27.5 Å². The van der Waals surface area contributed by atoms with Crippen LogP contribution in [0.1, 0.15) is 11.1 Å². The molecule has 0 radical (unpaired) electrons. The molecule has 16 heavy (non-hydrogen) atoms. The molecule has 1 aromatic rings. The highest BCUT2D eigenvalue weighted by Crippen LogP contribution is 2.28. The summed E-state index contributed by atoms with van der Waals surface area (Å²) < 4.78 is 6.72. The standard InChI is InChI=1S/C12H15BrClNO/c1-9-7-11(13)8-10(3-5-15)12(9)16-6-2-4-14/h2,4,7-8H,3,5-6,15H2,1H3/b4-2+. The number of hydrogen-bond donors (Lipinski definition) is 1. The number of halogens is 2. The number of aryl methyl sites for hydroxylation is 1. The third kappa shape index (κ3) is 3.81. The molecule has 1 aromatic carbocycles. The highest BCUT2D eigenvalue weighted by molar-refractivity contribution is 9.10. The van der Waals surface area contributed by atoms with Gasteiger partial charge in [-0.15, -0.1) is 0 Å². The van der Waals surface area contributed by atoms with E-state index in [4.69, 9.17) is 22.1 Å². The smallest absolute Gasteiger partial charge is 0.125 e. The van der Waals surface area contributed by atoms with Crippen LogP contribution in [0, 0.1) is 6.92 Å². The molecule has 0 aliphatic carbocycles. The van der Waals surface area contributed by atoms with Crippen LogP contribution in [-0.2, 0) is 6.42 Å². The maximum Gasteiger partial charge on any atom is 0.125 e. The molecular weight excluding hydrogens is 289 g/mol. The third-order valence-corrected chi connectivity index (χ3v) is 2.78. The number of rotatable bonds is 5. The van der Waals surface area contributed by atoms with E-state index in [-0.39, 0.29) is 0 Å². The fourth-order valence-corrected chi connectivity index (χ4v) is 2.21. The summed E-state index contributed by atoms with van der Waals surface area (Å²) >= 11 is 8.91. The zero-order valence-corrected chi connectivity index (χ0v) is 11.5. The van der Waals surface area contributed by atoms with Gasteiger partial charge < -0.3 is 10.5 Å². The molecule has 0 aliphatic rings. The molecular formula is C12H15BrClNO. The van der Waals surface area contributed by atoms with Crippen molar-refractivity contribution in [1.29, 1.82) is 0 Å². The molecule has 4 heteroatoms. The van der Waals surface area contributed by atoms with Crippen molar-refractivity contribution in [2.75, 3.05) is 13.2 Å². The van der Waals surface area contributed by atoms with E-state index >= 15 is 0 Å². The van der Waals surface area contributed by atoms with Gasteiger partial charge >= 0.3 is 0 Å². The number of hydrogen-bond acceptors (Lipinski definition) is 2. The number of benzene rings is 1. The molecule has 0 heterocycles. The lowest BCUT2D eigenvalue weighted by atomic mass is 10.1. The summed E-state index contributed by atoms with van der Waals surface area (Å²) in [6, 6.07) is 4.07. The highest BCUT2D eigenvalue weighted by Gasteiger charge is 2.07. The van der Waals surface area contributed by atoms with Gasteiger partial charge in [-0.05, 0) is 49.2 Å². The van der Waals surface area contributed by atoms with Crippen LogP contribution in [0.5, 0.6) is 5.75 Å². The van der Waals surface area contributed by atoms with Gasteiger partial charge in [0.25, 0.3) is 0 Å². The predicted octanol–water partition coefficient (Wildman–Crippen LogP) is 3.39. The molecule has 0 fully saturated rings. The second-order valence-electron chi connectivity index (χ2n) is 3.42. The molecule has 0 saturated carbocycles. The van der Waals surface area contributed by atoms with Crippen molar-refractivity contribution in [3.63, 3.8) is 0 Å². The molecule has 2 N–H and O–H groups in total. The van der Waals surface area contributed by atoms with Crippen LogP contribution in [0.4, 0.5) is 0 Å². The first-order chi connectivity index (χ1) is 7.69. The minimum atomic E-state index is 0.476. The van der Waals surface area contributed by atoms with Gasteiger partial charge in [-0.1, -0.05) is 27.5 Å². The summed E-state index contributed by atoms with van der Waals surface area (Å²) in [6.07, 6.45) is 2.56. The molecule has 1 rings (SSSR count). The first kappa shape index (κ1) is 13.6. The van der Waals surface area contributed by atoms with Gasteiger partial charge in [0.15, 0.2) is 0 Å². The molecule has 88 valence electrons. The van der Waals surface area contributed by atoms with E-state index in [1.165, 1.54) is 5.54 Å². The highest BCUT2D eigenvalue weighted by atomic mass is 79.9. The summed E-state index contributed by atoms with van der Waals surface area (Å²) in [7, 11) is 0. The Morgan fingerprint density at radius 3 is 2.88 bits per heavy atom. The van der Waals surface area contributed by atoms with E-state index in [2.05, 4.69) is 15.9 Å². The Morgan fingerprint density at radius 1 is 1.50 bits per heavy atom. The minimum absolute atomic E-state index is 0.476. The van der Waals surface area contributed by atoms with Gasteiger partial charge in [-0.2, -0.15) is 0 Å². The van der Waals surface area contributed by atoms with Crippen molar-refractivity contribution in [2.24, 2.45) is 5.73 Å². The van der Waals surface area contributed by atoms with Crippen molar-refractivity contribution in [3.8, 4) is 5.75 Å². The molecule has 0 unspecified atom stereocenters.